The lowest BCUT2D eigenvalue weighted by atomic mass is 10.1. The van der Waals surface area contributed by atoms with Crippen LogP contribution in [0.2, 0.25) is 0 Å². The van der Waals surface area contributed by atoms with Gasteiger partial charge in [-0.3, -0.25) is 4.98 Å². The summed E-state index contributed by atoms with van der Waals surface area (Å²) < 4.78 is 12.8. The molecule has 1 heterocycles. The minimum absolute atomic E-state index is 0.0618. The molecule has 0 aliphatic carbocycles. The second-order valence-corrected chi connectivity index (χ2v) is 4.41. The van der Waals surface area contributed by atoms with E-state index in [1.54, 1.807) is 18.2 Å². The SMILES string of the molecule is Cc1ccc(C#N)cc1NC(C)c1ccc(F)cn1. The van der Waals surface area contributed by atoms with E-state index in [9.17, 15) is 4.39 Å². The Balaban J connectivity index is 2.21. The van der Waals surface area contributed by atoms with Crippen LogP contribution in [-0.4, -0.2) is 4.98 Å². The Morgan fingerprint density at radius 1 is 1.32 bits per heavy atom. The first kappa shape index (κ1) is 13.0. The summed E-state index contributed by atoms with van der Waals surface area (Å²) in [6.45, 7) is 3.91. The van der Waals surface area contributed by atoms with Gasteiger partial charge in [0.2, 0.25) is 0 Å². The zero-order valence-electron chi connectivity index (χ0n) is 10.8. The van der Waals surface area contributed by atoms with Crippen LogP contribution in [0.15, 0.2) is 36.5 Å². The van der Waals surface area contributed by atoms with Crippen LogP contribution in [0.4, 0.5) is 10.1 Å². The van der Waals surface area contributed by atoms with Crippen LogP contribution in [0, 0.1) is 24.1 Å². The Hall–Kier alpha value is -2.41. The third kappa shape index (κ3) is 3.08. The molecule has 0 saturated carbocycles. The molecule has 0 radical (unpaired) electrons. The van der Waals surface area contributed by atoms with E-state index in [0.29, 0.717) is 5.56 Å². The third-order valence-electron chi connectivity index (χ3n) is 2.93. The fourth-order valence-corrected chi connectivity index (χ4v) is 1.80. The maximum atomic E-state index is 12.8. The molecule has 4 heteroatoms. The molecule has 0 bridgehead atoms. The first-order valence-corrected chi connectivity index (χ1v) is 5.99. The molecule has 19 heavy (non-hydrogen) atoms. The van der Waals surface area contributed by atoms with E-state index in [1.807, 2.05) is 19.9 Å². The highest BCUT2D eigenvalue weighted by Crippen LogP contribution is 2.22. The van der Waals surface area contributed by atoms with E-state index in [2.05, 4.69) is 16.4 Å². The Morgan fingerprint density at radius 3 is 2.74 bits per heavy atom. The van der Waals surface area contributed by atoms with Crippen molar-refractivity contribution in [2.75, 3.05) is 5.32 Å². The van der Waals surface area contributed by atoms with Crippen LogP contribution in [0.25, 0.3) is 0 Å². The van der Waals surface area contributed by atoms with E-state index < -0.39 is 0 Å². The Labute approximate surface area is 111 Å². The molecule has 1 aromatic heterocycles. The highest BCUT2D eigenvalue weighted by molar-refractivity contribution is 5.56. The molecule has 1 N–H and O–H groups in total. The summed E-state index contributed by atoms with van der Waals surface area (Å²) in [6, 6.07) is 10.6. The highest BCUT2D eigenvalue weighted by Gasteiger charge is 2.09. The number of aromatic nitrogens is 1. The van der Waals surface area contributed by atoms with Crippen molar-refractivity contribution in [1.29, 1.82) is 5.26 Å². The first-order chi connectivity index (χ1) is 9.10. The Kier molecular flexibility index (Phi) is 3.76. The number of nitriles is 1. The first-order valence-electron chi connectivity index (χ1n) is 5.99. The van der Waals surface area contributed by atoms with Crippen LogP contribution in [0.1, 0.15) is 29.8 Å². The van der Waals surface area contributed by atoms with Crippen LogP contribution < -0.4 is 5.32 Å². The fraction of sp³-hybridized carbons (Fsp3) is 0.200. The van der Waals surface area contributed by atoms with Crippen molar-refractivity contribution in [2.45, 2.75) is 19.9 Å². The van der Waals surface area contributed by atoms with Crippen molar-refractivity contribution in [3.8, 4) is 6.07 Å². The average Bonchev–Trinajstić information content (AvgIpc) is 2.42. The molecule has 0 spiro atoms. The number of nitrogens with one attached hydrogen (secondary N) is 1. The van der Waals surface area contributed by atoms with E-state index in [4.69, 9.17) is 5.26 Å². The molecule has 0 fully saturated rings. The highest BCUT2D eigenvalue weighted by atomic mass is 19.1. The number of halogens is 1. The number of benzene rings is 1. The zero-order chi connectivity index (χ0) is 13.8. The molecule has 2 rings (SSSR count). The summed E-state index contributed by atoms with van der Waals surface area (Å²) >= 11 is 0. The fourth-order valence-electron chi connectivity index (χ4n) is 1.80. The molecule has 96 valence electrons. The van der Waals surface area contributed by atoms with E-state index in [1.165, 1.54) is 12.3 Å². The third-order valence-corrected chi connectivity index (χ3v) is 2.93. The normalized spacial score (nSPS) is 11.7. The number of hydrogen-bond acceptors (Lipinski definition) is 3. The van der Waals surface area contributed by atoms with Gasteiger partial charge in [0, 0.05) is 5.69 Å². The second kappa shape index (κ2) is 5.49. The largest absolute Gasteiger partial charge is 0.377 e. The van der Waals surface area contributed by atoms with Gasteiger partial charge in [-0.15, -0.1) is 0 Å². The van der Waals surface area contributed by atoms with Gasteiger partial charge in [0.15, 0.2) is 0 Å². The van der Waals surface area contributed by atoms with Crippen molar-refractivity contribution in [1.82, 2.24) is 4.98 Å². The molecule has 0 aliphatic heterocycles. The monoisotopic (exact) mass is 255 g/mol. The van der Waals surface area contributed by atoms with Gasteiger partial charge in [-0.05, 0) is 43.7 Å². The maximum Gasteiger partial charge on any atom is 0.141 e. The Bertz CT molecular complexity index is 614. The number of nitrogens with zero attached hydrogens (tertiary/aromatic N) is 2. The van der Waals surface area contributed by atoms with Gasteiger partial charge in [-0.2, -0.15) is 5.26 Å². The average molecular weight is 255 g/mol. The van der Waals surface area contributed by atoms with Crippen LogP contribution in [0.3, 0.4) is 0 Å². The van der Waals surface area contributed by atoms with E-state index >= 15 is 0 Å². The van der Waals surface area contributed by atoms with Crippen LogP contribution in [-0.2, 0) is 0 Å². The van der Waals surface area contributed by atoms with Gasteiger partial charge in [-0.1, -0.05) is 6.07 Å². The van der Waals surface area contributed by atoms with Crippen molar-refractivity contribution in [3.05, 3.63) is 59.2 Å². The Morgan fingerprint density at radius 2 is 2.11 bits per heavy atom. The summed E-state index contributed by atoms with van der Waals surface area (Å²) in [7, 11) is 0. The number of hydrogen-bond donors (Lipinski definition) is 1. The summed E-state index contributed by atoms with van der Waals surface area (Å²) in [5.74, 6) is -0.349. The molecule has 1 unspecified atom stereocenters. The summed E-state index contributed by atoms with van der Waals surface area (Å²) in [6.07, 6.45) is 1.20. The lowest BCUT2D eigenvalue weighted by Crippen LogP contribution is -2.09. The molecule has 3 nitrogen and oxygen atoms in total. The molecule has 1 atom stereocenters. The van der Waals surface area contributed by atoms with Gasteiger partial charge < -0.3 is 5.32 Å². The van der Waals surface area contributed by atoms with Crippen molar-refractivity contribution >= 4 is 5.69 Å². The van der Waals surface area contributed by atoms with Gasteiger partial charge >= 0.3 is 0 Å². The van der Waals surface area contributed by atoms with Crippen LogP contribution in [0.5, 0.6) is 0 Å². The molecule has 0 amide bonds. The van der Waals surface area contributed by atoms with Gasteiger partial charge in [0.05, 0.1) is 29.6 Å². The van der Waals surface area contributed by atoms with Crippen molar-refractivity contribution in [3.63, 3.8) is 0 Å². The topological polar surface area (TPSA) is 48.7 Å². The molecule has 2 aromatic rings. The second-order valence-electron chi connectivity index (χ2n) is 4.41. The standard InChI is InChI=1S/C15H14FN3/c1-10-3-4-12(8-17)7-15(10)19-11(2)14-6-5-13(16)9-18-14/h3-7,9,11,19H,1-2H3. The predicted octanol–water partition coefficient (Wildman–Crippen LogP) is 3.57. The number of aryl methyl sites for hydroxylation is 1. The van der Waals surface area contributed by atoms with E-state index in [0.717, 1.165) is 16.9 Å². The summed E-state index contributed by atoms with van der Waals surface area (Å²) in [5, 5.41) is 12.2. The quantitative estimate of drug-likeness (QED) is 0.912. The molecule has 0 saturated heterocycles. The lowest BCUT2D eigenvalue weighted by molar-refractivity contribution is 0.617. The van der Waals surface area contributed by atoms with Gasteiger partial charge in [0.25, 0.3) is 0 Å². The molecule has 1 aromatic carbocycles. The van der Waals surface area contributed by atoms with Crippen LogP contribution >= 0.6 is 0 Å². The minimum Gasteiger partial charge on any atom is -0.377 e. The predicted molar refractivity (Wildman–Crippen MR) is 72.1 cm³/mol. The smallest absolute Gasteiger partial charge is 0.141 e. The van der Waals surface area contributed by atoms with Gasteiger partial charge in [-0.25, -0.2) is 4.39 Å². The number of pyridine rings is 1. The zero-order valence-corrected chi connectivity index (χ0v) is 10.8. The number of anilines is 1. The van der Waals surface area contributed by atoms with Gasteiger partial charge in [0.1, 0.15) is 5.82 Å². The lowest BCUT2D eigenvalue weighted by Gasteiger charge is -2.16. The summed E-state index contributed by atoms with van der Waals surface area (Å²) in [4.78, 5) is 4.04. The van der Waals surface area contributed by atoms with Crippen molar-refractivity contribution < 1.29 is 4.39 Å². The van der Waals surface area contributed by atoms with Crippen molar-refractivity contribution in [2.24, 2.45) is 0 Å². The molecular formula is C15H14FN3. The molecule has 0 aliphatic rings. The maximum absolute atomic E-state index is 12.8. The summed E-state index contributed by atoms with van der Waals surface area (Å²) in [5.41, 5.74) is 3.29. The minimum atomic E-state index is -0.349. The molecular weight excluding hydrogens is 241 g/mol. The number of rotatable bonds is 3. The van der Waals surface area contributed by atoms with E-state index in [-0.39, 0.29) is 11.9 Å².